The lowest BCUT2D eigenvalue weighted by molar-refractivity contribution is 0.0745. The number of rotatable bonds is 9. The monoisotopic (exact) mass is 534 g/mol. The highest BCUT2D eigenvalue weighted by Gasteiger charge is 2.26. The summed E-state index contributed by atoms with van der Waals surface area (Å²) >= 11 is 0. The molecule has 1 amide bonds. The van der Waals surface area contributed by atoms with Crippen LogP contribution in [0.5, 0.6) is 11.5 Å². The van der Waals surface area contributed by atoms with Crippen LogP contribution in [0, 0.1) is 12.8 Å². The topological polar surface area (TPSA) is 76.2 Å². The molecular formula is C30H34N2O5S. The predicted octanol–water partition coefficient (Wildman–Crippen LogP) is 4.73. The van der Waals surface area contributed by atoms with Crippen molar-refractivity contribution in [1.82, 2.24) is 4.90 Å². The predicted molar refractivity (Wildman–Crippen MR) is 148 cm³/mol. The smallest absolute Gasteiger partial charge is 0.254 e. The van der Waals surface area contributed by atoms with Gasteiger partial charge in [0, 0.05) is 31.7 Å². The molecule has 7 nitrogen and oxygen atoms in total. The molecule has 0 radical (unpaired) electrons. The maximum absolute atomic E-state index is 13.4. The van der Waals surface area contributed by atoms with E-state index in [0.717, 1.165) is 22.7 Å². The van der Waals surface area contributed by atoms with Gasteiger partial charge in [0.1, 0.15) is 11.5 Å². The minimum absolute atomic E-state index is 0.135. The summed E-state index contributed by atoms with van der Waals surface area (Å²) in [6.45, 7) is 4.99. The van der Waals surface area contributed by atoms with Gasteiger partial charge in [0.15, 0.2) is 9.84 Å². The van der Waals surface area contributed by atoms with Crippen molar-refractivity contribution in [3.8, 4) is 11.5 Å². The highest BCUT2D eigenvalue weighted by molar-refractivity contribution is 7.90. The Balaban J connectivity index is 1.25. The average molecular weight is 535 g/mol. The number of amides is 1. The second-order valence-corrected chi connectivity index (χ2v) is 12.1. The zero-order valence-electron chi connectivity index (χ0n) is 21.9. The van der Waals surface area contributed by atoms with Crippen LogP contribution >= 0.6 is 0 Å². The fourth-order valence-electron chi connectivity index (χ4n) is 4.72. The molecular weight excluding hydrogens is 500 g/mol. The average Bonchev–Trinajstić information content (AvgIpc) is 3.77. The standard InChI is InChI=1S/C30H34N2O5S/c1-22-7-14-26(38(34,35)21-24-10-12-25(13-11-24)37-20-23-8-9-23)19-27(22)30(33)32-17-15-31(16-18-32)28-5-3-4-6-29(28)36-2/h3-7,10-14,19,23H,8-9,15-18,20-21H2,1-2H3. The Morgan fingerprint density at radius 1 is 0.947 bits per heavy atom. The Morgan fingerprint density at radius 2 is 1.66 bits per heavy atom. The molecule has 0 bridgehead atoms. The first-order valence-electron chi connectivity index (χ1n) is 13.1. The van der Waals surface area contributed by atoms with E-state index in [1.807, 2.05) is 43.3 Å². The maximum Gasteiger partial charge on any atom is 0.254 e. The highest BCUT2D eigenvalue weighted by atomic mass is 32.2. The molecule has 3 aromatic carbocycles. The maximum atomic E-state index is 13.4. The van der Waals surface area contributed by atoms with Crippen LogP contribution in [0.1, 0.15) is 34.3 Å². The SMILES string of the molecule is COc1ccccc1N1CCN(C(=O)c2cc(S(=O)(=O)Cc3ccc(OCC4CC4)cc3)ccc2C)CC1. The third-order valence-corrected chi connectivity index (χ3v) is 8.94. The number of ether oxygens (including phenoxy) is 2. The Labute approximate surface area is 224 Å². The number of piperazine rings is 1. The second-order valence-electron chi connectivity index (χ2n) is 10.1. The number of hydrogen-bond acceptors (Lipinski definition) is 6. The summed E-state index contributed by atoms with van der Waals surface area (Å²) in [5.74, 6) is 1.94. The number of carbonyl (C=O) groups is 1. The van der Waals surface area contributed by atoms with Crippen molar-refractivity contribution in [3.63, 3.8) is 0 Å². The van der Waals surface area contributed by atoms with Crippen LogP contribution in [-0.2, 0) is 15.6 Å². The van der Waals surface area contributed by atoms with Crippen molar-refractivity contribution in [1.29, 1.82) is 0 Å². The lowest BCUT2D eigenvalue weighted by Crippen LogP contribution is -2.49. The largest absolute Gasteiger partial charge is 0.495 e. The number of nitrogens with zero attached hydrogens (tertiary/aromatic N) is 2. The first-order valence-corrected chi connectivity index (χ1v) is 14.7. The van der Waals surface area contributed by atoms with Crippen LogP contribution in [0.3, 0.4) is 0 Å². The highest BCUT2D eigenvalue weighted by Crippen LogP contribution is 2.30. The number of carbonyl (C=O) groups excluding carboxylic acids is 1. The van der Waals surface area contributed by atoms with Gasteiger partial charge >= 0.3 is 0 Å². The first-order chi connectivity index (χ1) is 18.3. The first kappa shape index (κ1) is 26.1. The van der Waals surface area contributed by atoms with Crippen molar-refractivity contribution in [2.45, 2.75) is 30.4 Å². The Kier molecular flexibility index (Phi) is 7.61. The summed E-state index contributed by atoms with van der Waals surface area (Å²) in [5.41, 5.74) is 2.89. The Morgan fingerprint density at radius 3 is 2.34 bits per heavy atom. The van der Waals surface area contributed by atoms with Gasteiger partial charge in [-0.15, -0.1) is 0 Å². The van der Waals surface area contributed by atoms with E-state index in [2.05, 4.69) is 4.90 Å². The number of sulfone groups is 1. The summed E-state index contributed by atoms with van der Waals surface area (Å²) in [7, 11) is -1.98. The van der Waals surface area contributed by atoms with E-state index in [0.29, 0.717) is 49.8 Å². The number of benzene rings is 3. The van der Waals surface area contributed by atoms with Gasteiger partial charge in [0.05, 0.1) is 30.1 Å². The van der Waals surface area contributed by atoms with Crippen LogP contribution in [0.2, 0.25) is 0 Å². The normalized spacial score (nSPS) is 15.8. The summed E-state index contributed by atoms with van der Waals surface area (Å²) in [6, 6.07) is 19.9. The van der Waals surface area contributed by atoms with Gasteiger partial charge in [-0.3, -0.25) is 4.79 Å². The van der Waals surface area contributed by atoms with Crippen molar-refractivity contribution in [3.05, 3.63) is 83.4 Å². The number of aryl methyl sites for hydroxylation is 1. The van der Waals surface area contributed by atoms with Crippen LogP contribution < -0.4 is 14.4 Å². The van der Waals surface area contributed by atoms with Crippen LogP contribution in [0.25, 0.3) is 0 Å². The van der Waals surface area contributed by atoms with Gasteiger partial charge in [0.25, 0.3) is 5.91 Å². The second kappa shape index (κ2) is 11.1. The van der Waals surface area contributed by atoms with E-state index in [1.165, 1.54) is 18.9 Å². The fraction of sp³-hybridized carbons (Fsp3) is 0.367. The van der Waals surface area contributed by atoms with Gasteiger partial charge < -0.3 is 19.3 Å². The summed E-state index contributed by atoms with van der Waals surface area (Å²) in [5, 5.41) is 0. The molecule has 0 N–H and O–H groups in total. The summed E-state index contributed by atoms with van der Waals surface area (Å²) < 4.78 is 37.8. The molecule has 2 fully saturated rings. The molecule has 1 saturated carbocycles. The quantitative estimate of drug-likeness (QED) is 0.395. The minimum Gasteiger partial charge on any atom is -0.495 e. The molecule has 0 unspecified atom stereocenters. The van der Waals surface area contributed by atoms with Crippen LogP contribution in [0.15, 0.2) is 71.6 Å². The van der Waals surface area contributed by atoms with Crippen LogP contribution in [0.4, 0.5) is 5.69 Å². The zero-order valence-corrected chi connectivity index (χ0v) is 22.7. The van der Waals surface area contributed by atoms with E-state index < -0.39 is 9.84 Å². The number of para-hydroxylation sites is 2. The molecule has 8 heteroatoms. The molecule has 0 spiro atoms. The van der Waals surface area contributed by atoms with E-state index in [4.69, 9.17) is 9.47 Å². The lowest BCUT2D eigenvalue weighted by Gasteiger charge is -2.36. The minimum atomic E-state index is -3.63. The van der Waals surface area contributed by atoms with Crippen molar-refractivity contribution >= 4 is 21.4 Å². The molecule has 2 aliphatic rings. The van der Waals surface area contributed by atoms with E-state index >= 15 is 0 Å². The Hall–Kier alpha value is -3.52. The van der Waals surface area contributed by atoms with Gasteiger partial charge in [0.2, 0.25) is 0 Å². The van der Waals surface area contributed by atoms with Crippen LogP contribution in [-0.4, -0.2) is 59.1 Å². The van der Waals surface area contributed by atoms with E-state index in [-0.39, 0.29) is 16.6 Å². The van der Waals surface area contributed by atoms with E-state index in [1.54, 1.807) is 36.3 Å². The number of methoxy groups -OCH3 is 1. The van der Waals surface area contributed by atoms with Gasteiger partial charge in [-0.1, -0.05) is 30.3 Å². The van der Waals surface area contributed by atoms with Gasteiger partial charge in [-0.05, 0) is 73.2 Å². The molecule has 5 rings (SSSR count). The van der Waals surface area contributed by atoms with Crippen molar-refractivity contribution in [2.75, 3.05) is 44.8 Å². The Bertz CT molecular complexity index is 1390. The third kappa shape index (κ3) is 5.96. The molecule has 1 saturated heterocycles. The van der Waals surface area contributed by atoms with E-state index in [9.17, 15) is 13.2 Å². The molecule has 38 heavy (non-hydrogen) atoms. The third-order valence-electron chi connectivity index (χ3n) is 7.25. The van der Waals surface area contributed by atoms with Gasteiger partial charge in [-0.25, -0.2) is 8.42 Å². The zero-order chi connectivity index (χ0) is 26.7. The van der Waals surface area contributed by atoms with Gasteiger partial charge in [-0.2, -0.15) is 0 Å². The molecule has 3 aromatic rings. The molecule has 0 aromatic heterocycles. The summed E-state index contributed by atoms with van der Waals surface area (Å²) in [4.78, 5) is 17.6. The molecule has 1 aliphatic heterocycles. The lowest BCUT2D eigenvalue weighted by atomic mass is 10.1. The number of anilines is 1. The fourth-order valence-corrected chi connectivity index (χ4v) is 6.09. The number of hydrogen-bond donors (Lipinski definition) is 0. The molecule has 200 valence electrons. The van der Waals surface area contributed by atoms with Crippen molar-refractivity contribution < 1.29 is 22.7 Å². The summed E-state index contributed by atoms with van der Waals surface area (Å²) in [6.07, 6.45) is 2.44. The molecule has 1 aliphatic carbocycles. The molecule has 1 heterocycles. The molecule has 0 atom stereocenters. The van der Waals surface area contributed by atoms with Crippen molar-refractivity contribution in [2.24, 2.45) is 5.92 Å².